The molecule has 0 radical (unpaired) electrons. The van der Waals surface area contributed by atoms with Crippen LogP contribution >= 0.6 is 0 Å². The van der Waals surface area contributed by atoms with Gasteiger partial charge in [-0.25, -0.2) is 0 Å². The average Bonchev–Trinajstić information content (AvgIpc) is 2.27. The summed E-state index contributed by atoms with van der Waals surface area (Å²) in [7, 11) is 0. The maximum atomic E-state index is 5.84. The molecule has 4 saturated carbocycles. The molecule has 4 aliphatic carbocycles. The summed E-state index contributed by atoms with van der Waals surface area (Å²) in [6.45, 7) is 5.54. The van der Waals surface area contributed by atoms with Crippen LogP contribution in [0.25, 0.3) is 0 Å². The molecule has 4 rings (SSSR count). The fourth-order valence-corrected chi connectivity index (χ4v) is 5.46. The molecule has 0 spiro atoms. The van der Waals surface area contributed by atoms with Crippen LogP contribution in [0.2, 0.25) is 0 Å². The molecular formula is C15H28N2. The number of rotatable bonds is 5. The molecule has 17 heavy (non-hydrogen) atoms. The Labute approximate surface area is 106 Å². The van der Waals surface area contributed by atoms with Crippen LogP contribution in [0.4, 0.5) is 0 Å². The van der Waals surface area contributed by atoms with Crippen molar-refractivity contribution in [1.82, 2.24) is 4.90 Å². The van der Waals surface area contributed by atoms with Crippen LogP contribution in [0.5, 0.6) is 0 Å². The monoisotopic (exact) mass is 236 g/mol. The van der Waals surface area contributed by atoms with Gasteiger partial charge in [0.15, 0.2) is 0 Å². The Bertz CT molecular complexity index is 233. The molecule has 0 atom stereocenters. The zero-order valence-corrected chi connectivity index (χ0v) is 11.3. The standard InChI is InChI=1S/C15H28N2/c1-2-4-17(5-3-16)15-9-12-6-13(10-15)8-14(7-12)11-15/h12-14H,2-11,16H2,1H3. The van der Waals surface area contributed by atoms with Gasteiger partial charge < -0.3 is 5.73 Å². The highest BCUT2D eigenvalue weighted by Gasteiger charge is 2.52. The smallest absolute Gasteiger partial charge is 0.0218 e. The quantitative estimate of drug-likeness (QED) is 0.795. The van der Waals surface area contributed by atoms with Gasteiger partial charge in [-0.05, 0) is 69.2 Å². The van der Waals surface area contributed by atoms with Crippen molar-refractivity contribution in [2.75, 3.05) is 19.6 Å². The number of nitrogens with zero attached hydrogens (tertiary/aromatic N) is 1. The summed E-state index contributed by atoms with van der Waals surface area (Å²) in [5, 5.41) is 0. The Hall–Kier alpha value is -0.0800. The van der Waals surface area contributed by atoms with Crippen LogP contribution in [0, 0.1) is 17.8 Å². The lowest BCUT2D eigenvalue weighted by molar-refractivity contribution is -0.0876. The Kier molecular flexibility index (Phi) is 3.20. The van der Waals surface area contributed by atoms with Crippen LogP contribution in [0.15, 0.2) is 0 Å². The minimum atomic E-state index is 0.574. The molecule has 0 aliphatic heterocycles. The second-order valence-corrected chi connectivity index (χ2v) is 6.92. The van der Waals surface area contributed by atoms with Gasteiger partial charge in [-0.1, -0.05) is 6.92 Å². The van der Waals surface area contributed by atoms with E-state index in [2.05, 4.69) is 11.8 Å². The number of nitrogens with two attached hydrogens (primary N) is 1. The summed E-state index contributed by atoms with van der Waals surface area (Å²) >= 11 is 0. The molecule has 2 heteroatoms. The third-order valence-electron chi connectivity index (χ3n) is 5.57. The molecule has 4 fully saturated rings. The minimum absolute atomic E-state index is 0.574. The molecule has 98 valence electrons. The van der Waals surface area contributed by atoms with Crippen molar-refractivity contribution in [3.05, 3.63) is 0 Å². The Balaban J connectivity index is 1.79. The molecule has 2 nitrogen and oxygen atoms in total. The number of hydrogen-bond donors (Lipinski definition) is 1. The Morgan fingerprint density at radius 3 is 1.94 bits per heavy atom. The SMILES string of the molecule is CCCN(CCN)C12CC3CC(CC(C3)C1)C2. The van der Waals surface area contributed by atoms with Gasteiger partial charge in [-0.3, -0.25) is 4.90 Å². The summed E-state index contributed by atoms with van der Waals surface area (Å²) in [5.41, 5.74) is 6.41. The summed E-state index contributed by atoms with van der Waals surface area (Å²) in [5.74, 6) is 3.16. The van der Waals surface area contributed by atoms with Crippen molar-refractivity contribution in [1.29, 1.82) is 0 Å². The second kappa shape index (κ2) is 4.55. The van der Waals surface area contributed by atoms with Crippen molar-refractivity contribution in [2.45, 2.75) is 57.4 Å². The molecule has 0 aromatic carbocycles. The fourth-order valence-electron chi connectivity index (χ4n) is 5.46. The van der Waals surface area contributed by atoms with Gasteiger partial charge >= 0.3 is 0 Å². The highest BCUT2D eigenvalue weighted by Crippen LogP contribution is 2.57. The van der Waals surface area contributed by atoms with Gasteiger partial charge in [0.2, 0.25) is 0 Å². The topological polar surface area (TPSA) is 29.3 Å². The van der Waals surface area contributed by atoms with E-state index in [9.17, 15) is 0 Å². The highest BCUT2D eigenvalue weighted by atomic mass is 15.2. The Morgan fingerprint density at radius 1 is 1.00 bits per heavy atom. The van der Waals surface area contributed by atoms with Crippen molar-refractivity contribution >= 4 is 0 Å². The molecular weight excluding hydrogens is 208 g/mol. The van der Waals surface area contributed by atoms with Gasteiger partial charge in [0.1, 0.15) is 0 Å². The van der Waals surface area contributed by atoms with Gasteiger partial charge in [-0.2, -0.15) is 0 Å². The van der Waals surface area contributed by atoms with Crippen LogP contribution in [-0.2, 0) is 0 Å². The predicted octanol–water partition coefficient (Wildman–Crippen LogP) is 2.63. The first-order chi connectivity index (χ1) is 8.25. The molecule has 0 saturated heterocycles. The zero-order chi connectivity index (χ0) is 11.9. The Morgan fingerprint density at radius 2 is 1.53 bits per heavy atom. The largest absolute Gasteiger partial charge is 0.329 e. The van der Waals surface area contributed by atoms with Crippen LogP contribution in [0.1, 0.15) is 51.9 Å². The van der Waals surface area contributed by atoms with E-state index in [-0.39, 0.29) is 0 Å². The van der Waals surface area contributed by atoms with E-state index in [0.717, 1.165) is 30.8 Å². The van der Waals surface area contributed by atoms with Crippen molar-refractivity contribution in [2.24, 2.45) is 23.5 Å². The molecule has 2 N–H and O–H groups in total. The molecule has 0 unspecified atom stereocenters. The highest BCUT2D eigenvalue weighted by molar-refractivity contribution is 5.07. The summed E-state index contributed by atoms with van der Waals surface area (Å²) in [4.78, 5) is 2.78. The van der Waals surface area contributed by atoms with Gasteiger partial charge in [0.25, 0.3) is 0 Å². The second-order valence-electron chi connectivity index (χ2n) is 6.92. The van der Waals surface area contributed by atoms with E-state index in [1.54, 1.807) is 19.3 Å². The first-order valence-corrected chi connectivity index (χ1v) is 7.71. The fraction of sp³-hybridized carbons (Fsp3) is 1.00. The van der Waals surface area contributed by atoms with E-state index < -0.39 is 0 Å². The predicted molar refractivity (Wildman–Crippen MR) is 71.8 cm³/mol. The lowest BCUT2D eigenvalue weighted by atomic mass is 9.52. The summed E-state index contributed by atoms with van der Waals surface area (Å²) in [6.07, 6.45) is 10.4. The normalized spacial score (nSPS) is 43.6. The third-order valence-corrected chi connectivity index (χ3v) is 5.57. The third kappa shape index (κ3) is 2.04. The van der Waals surface area contributed by atoms with E-state index in [1.807, 2.05) is 0 Å². The van der Waals surface area contributed by atoms with Crippen molar-refractivity contribution < 1.29 is 0 Å². The lowest BCUT2D eigenvalue weighted by Gasteiger charge is -2.60. The molecule has 4 bridgehead atoms. The minimum Gasteiger partial charge on any atom is -0.329 e. The molecule has 0 heterocycles. The van der Waals surface area contributed by atoms with Gasteiger partial charge in [-0.15, -0.1) is 0 Å². The zero-order valence-electron chi connectivity index (χ0n) is 11.3. The van der Waals surface area contributed by atoms with Crippen molar-refractivity contribution in [3.63, 3.8) is 0 Å². The maximum Gasteiger partial charge on any atom is 0.0218 e. The van der Waals surface area contributed by atoms with Gasteiger partial charge in [0.05, 0.1) is 0 Å². The first-order valence-electron chi connectivity index (χ1n) is 7.71. The van der Waals surface area contributed by atoms with E-state index in [0.29, 0.717) is 5.54 Å². The maximum absolute atomic E-state index is 5.84. The average molecular weight is 236 g/mol. The van der Waals surface area contributed by atoms with Crippen molar-refractivity contribution in [3.8, 4) is 0 Å². The molecule has 0 amide bonds. The van der Waals surface area contributed by atoms with E-state index in [4.69, 9.17) is 5.73 Å². The molecule has 0 aromatic heterocycles. The number of hydrogen-bond acceptors (Lipinski definition) is 2. The van der Waals surface area contributed by atoms with Crippen LogP contribution in [0.3, 0.4) is 0 Å². The molecule has 4 aliphatic rings. The summed E-state index contributed by atoms with van der Waals surface area (Å²) < 4.78 is 0. The summed E-state index contributed by atoms with van der Waals surface area (Å²) in [6, 6.07) is 0. The lowest BCUT2D eigenvalue weighted by Crippen LogP contribution is -2.60. The molecule has 0 aromatic rings. The van der Waals surface area contributed by atoms with Crippen LogP contribution in [-0.4, -0.2) is 30.1 Å². The van der Waals surface area contributed by atoms with Gasteiger partial charge in [0, 0.05) is 18.6 Å². The van der Waals surface area contributed by atoms with E-state index in [1.165, 1.54) is 32.2 Å². The van der Waals surface area contributed by atoms with E-state index >= 15 is 0 Å². The van der Waals surface area contributed by atoms with Crippen LogP contribution < -0.4 is 5.73 Å². The first kappa shape index (κ1) is 12.0.